The molecule has 1 aromatic carbocycles. The maximum atomic E-state index is 11.2. The van der Waals surface area contributed by atoms with E-state index in [9.17, 15) is 20.0 Å². The van der Waals surface area contributed by atoms with Crippen molar-refractivity contribution in [2.24, 2.45) is 0 Å². The summed E-state index contributed by atoms with van der Waals surface area (Å²) < 4.78 is 0. The van der Waals surface area contributed by atoms with Gasteiger partial charge >= 0.3 is 5.97 Å². The lowest BCUT2D eigenvalue weighted by Crippen LogP contribution is -2.41. The van der Waals surface area contributed by atoms with E-state index in [1.165, 1.54) is 12.1 Å². The SMILES string of the molecule is CCC(CC)(CO)Nc1cc([N+](=O)[O-])ccc1C(=O)O. The fraction of sp³-hybridized carbons (Fsp3) is 0.462. The summed E-state index contributed by atoms with van der Waals surface area (Å²) >= 11 is 0. The van der Waals surface area contributed by atoms with Gasteiger partial charge in [0.15, 0.2) is 0 Å². The molecule has 0 aromatic heterocycles. The summed E-state index contributed by atoms with van der Waals surface area (Å²) in [5.74, 6) is -1.18. The van der Waals surface area contributed by atoms with Crippen LogP contribution in [0.4, 0.5) is 11.4 Å². The van der Waals surface area contributed by atoms with Crippen LogP contribution in [0.3, 0.4) is 0 Å². The molecule has 0 spiro atoms. The number of non-ortho nitro benzene ring substituents is 1. The minimum atomic E-state index is -1.18. The Bertz CT molecular complexity index is 503. The van der Waals surface area contributed by atoms with Crippen molar-refractivity contribution in [1.29, 1.82) is 0 Å². The highest BCUT2D eigenvalue weighted by atomic mass is 16.6. The number of benzene rings is 1. The molecular formula is C13H18N2O5. The molecule has 1 rings (SSSR count). The summed E-state index contributed by atoms with van der Waals surface area (Å²) in [6, 6.07) is 3.52. The Morgan fingerprint density at radius 3 is 2.40 bits per heavy atom. The molecule has 0 heterocycles. The number of nitro groups is 1. The predicted octanol–water partition coefficient (Wildman–Crippen LogP) is 2.26. The first kappa shape index (κ1) is 15.9. The van der Waals surface area contributed by atoms with Gasteiger partial charge in [0.05, 0.1) is 28.3 Å². The number of carbonyl (C=O) groups is 1. The number of nitrogens with one attached hydrogen (secondary N) is 1. The topological polar surface area (TPSA) is 113 Å². The molecule has 0 aliphatic carbocycles. The molecule has 7 heteroatoms. The average Bonchev–Trinajstić information content (AvgIpc) is 2.44. The Morgan fingerprint density at radius 1 is 1.40 bits per heavy atom. The van der Waals surface area contributed by atoms with Gasteiger partial charge in [-0.2, -0.15) is 0 Å². The maximum absolute atomic E-state index is 11.2. The summed E-state index contributed by atoms with van der Waals surface area (Å²) in [4.78, 5) is 21.4. The van der Waals surface area contributed by atoms with E-state index < -0.39 is 16.4 Å². The van der Waals surface area contributed by atoms with Crippen LogP contribution in [0.1, 0.15) is 37.0 Å². The molecule has 0 aliphatic heterocycles. The Morgan fingerprint density at radius 2 is 2.00 bits per heavy atom. The summed E-state index contributed by atoms with van der Waals surface area (Å²) in [5, 5.41) is 32.4. The number of hydrogen-bond donors (Lipinski definition) is 3. The molecule has 0 fully saturated rings. The van der Waals surface area contributed by atoms with E-state index in [-0.39, 0.29) is 23.5 Å². The number of aliphatic hydroxyl groups is 1. The molecule has 0 saturated carbocycles. The van der Waals surface area contributed by atoms with E-state index in [0.717, 1.165) is 6.07 Å². The molecule has 0 amide bonds. The molecule has 110 valence electrons. The monoisotopic (exact) mass is 282 g/mol. The zero-order valence-electron chi connectivity index (χ0n) is 11.4. The first-order valence-corrected chi connectivity index (χ1v) is 6.30. The zero-order chi connectivity index (χ0) is 15.3. The van der Waals surface area contributed by atoms with Crippen LogP contribution in [0.5, 0.6) is 0 Å². The van der Waals surface area contributed by atoms with Crippen LogP contribution in [0.15, 0.2) is 18.2 Å². The summed E-state index contributed by atoms with van der Waals surface area (Å²) in [5.41, 5.74) is -0.810. The van der Waals surface area contributed by atoms with E-state index in [4.69, 9.17) is 5.11 Å². The zero-order valence-corrected chi connectivity index (χ0v) is 11.4. The van der Waals surface area contributed by atoms with Crippen molar-refractivity contribution in [3.05, 3.63) is 33.9 Å². The number of nitro benzene ring substituents is 1. The van der Waals surface area contributed by atoms with Crippen molar-refractivity contribution in [3.8, 4) is 0 Å². The van der Waals surface area contributed by atoms with Crippen LogP contribution < -0.4 is 5.32 Å². The maximum Gasteiger partial charge on any atom is 0.337 e. The lowest BCUT2D eigenvalue weighted by atomic mass is 9.93. The number of carboxylic acid groups (broad SMARTS) is 1. The van der Waals surface area contributed by atoms with Crippen molar-refractivity contribution in [3.63, 3.8) is 0 Å². The summed E-state index contributed by atoms with van der Waals surface area (Å²) in [6.45, 7) is 3.51. The van der Waals surface area contributed by atoms with Gasteiger partial charge in [0.1, 0.15) is 0 Å². The van der Waals surface area contributed by atoms with Crippen molar-refractivity contribution < 1.29 is 19.9 Å². The fourth-order valence-corrected chi connectivity index (χ4v) is 1.91. The normalized spacial score (nSPS) is 11.2. The van der Waals surface area contributed by atoms with Crippen molar-refractivity contribution in [2.75, 3.05) is 11.9 Å². The predicted molar refractivity (Wildman–Crippen MR) is 74.1 cm³/mol. The molecule has 0 saturated heterocycles. The third-order valence-electron chi connectivity index (χ3n) is 3.50. The second kappa shape index (κ2) is 6.33. The number of aromatic carboxylic acids is 1. The molecule has 0 bridgehead atoms. The number of rotatable bonds is 7. The van der Waals surface area contributed by atoms with Gasteiger partial charge in [-0.15, -0.1) is 0 Å². The molecular weight excluding hydrogens is 264 g/mol. The van der Waals surface area contributed by atoms with Crippen LogP contribution in [0.2, 0.25) is 0 Å². The Balaban J connectivity index is 3.29. The standard InChI is InChI=1S/C13H18N2O5/c1-3-13(4-2,8-16)14-11-7-9(15(19)20)5-6-10(11)12(17)18/h5-7,14,16H,3-4,8H2,1-2H3,(H,17,18). The molecule has 20 heavy (non-hydrogen) atoms. The van der Waals surface area contributed by atoms with Crippen LogP contribution in [-0.4, -0.2) is 33.3 Å². The van der Waals surface area contributed by atoms with E-state index >= 15 is 0 Å². The second-order valence-corrected chi connectivity index (χ2v) is 4.56. The van der Waals surface area contributed by atoms with Gasteiger partial charge in [0.25, 0.3) is 5.69 Å². The highest BCUT2D eigenvalue weighted by molar-refractivity contribution is 5.95. The van der Waals surface area contributed by atoms with E-state index in [1.807, 2.05) is 13.8 Å². The van der Waals surface area contributed by atoms with Crippen molar-refractivity contribution >= 4 is 17.3 Å². The van der Waals surface area contributed by atoms with Gasteiger partial charge < -0.3 is 15.5 Å². The van der Waals surface area contributed by atoms with Gasteiger partial charge in [-0.05, 0) is 18.9 Å². The molecule has 0 aliphatic rings. The number of anilines is 1. The van der Waals surface area contributed by atoms with Crippen molar-refractivity contribution in [1.82, 2.24) is 0 Å². The Hall–Kier alpha value is -2.15. The number of hydrogen-bond acceptors (Lipinski definition) is 5. The Kier molecular flexibility index (Phi) is 5.04. The van der Waals surface area contributed by atoms with Gasteiger partial charge in [0, 0.05) is 12.1 Å². The minimum absolute atomic E-state index is 0.0599. The first-order valence-electron chi connectivity index (χ1n) is 6.30. The average molecular weight is 282 g/mol. The first-order chi connectivity index (χ1) is 9.39. The largest absolute Gasteiger partial charge is 0.478 e. The Labute approximate surface area is 116 Å². The molecule has 0 unspecified atom stereocenters. The van der Waals surface area contributed by atoms with Crippen LogP contribution >= 0.6 is 0 Å². The lowest BCUT2D eigenvalue weighted by molar-refractivity contribution is -0.384. The van der Waals surface area contributed by atoms with E-state index in [0.29, 0.717) is 12.8 Å². The number of carboxylic acids is 1. The molecule has 7 nitrogen and oxygen atoms in total. The lowest BCUT2D eigenvalue weighted by Gasteiger charge is -2.32. The quantitative estimate of drug-likeness (QED) is 0.522. The molecule has 3 N–H and O–H groups in total. The number of nitrogens with zero attached hydrogens (tertiary/aromatic N) is 1. The highest BCUT2D eigenvalue weighted by Crippen LogP contribution is 2.28. The second-order valence-electron chi connectivity index (χ2n) is 4.56. The van der Waals surface area contributed by atoms with E-state index in [1.54, 1.807) is 0 Å². The number of aliphatic hydroxyl groups excluding tert-OH is 1. The fourth-order valence-electron chi connectivity index (χ4n) is 1.91. The molecule has 0 radical (unpaired) electrons. The highest BCUT2D eigenvalue weighted by Gasteiger charge is 2.27. The van der Waals surface area contributed by atoms with Crippen LogP contribution in [-0.2, 0) is 0 Å². The third-order valence-corrected chi connectivity index (χ3v) is 3.50. The van der Waals surface area contributed by atoms with Gasteiger partial charge in [-0.1, -0.05) is 13.8 Å². The van der Waals surface area contributed by atoms with Gasteiger partial charge in [-0.3, -0.25) is 10.1 Å². The van der Waals surface area contributed by atoms with Crippen LogP contribution in [0, 0.1) is 10.1 Å². The summed E-state index contributed by atoms with van der Waals surface area (Å²) in [7, 11) is 0. The summed E-state index contributed by atoms with van der Waals surface area (Å²) in [6.07, 6.45) is 1.11. The van der Waals surface area contributed by atoms with Crippen LogP contribution in [0.25, 0.3) is 0 Å². The van der Waals surface area contributed by atoms with Crippen molar-refractivity contribution in [2.45, 2.75) is 32.2 Å². The third kappa shape index (κ3) is 3.24. The molecule has 1 aromatic rings. The minimum Gasteiger partial charge on any atom is -0.478 e. The smallest absolute Gasteiger partial charge is 0.337 e. The van der Waals surface area contributed by atoms with Gasteiger partial charge in [0.2, 0.25) is 0 Å². The van der Waals surface area contributed by atoms with Gasteiger partial charge in [-0.25, -0.2) is 4.79 Å². The van der Waals surface area contributed by atoms with E-state index in [2.05, 4.69) is 5.32 Å². The molecule has 0 atom stereocenters.